The number of nitrogens with zero attached hydrogens (tertiary/aromatic N) is 1. The number of Topliss-reactive ketones (excluding diaryl/α,β-unsaturated/α-hetero) is 1. The number of rotatable bonds is 4. The molecule has 2 heteroatoms. The fourth-order valence-electron chi connectivity index (χ4n) is 3.25. The highest BCUT2D eigenvalue weighted by molar-refractivity contribution is 6.14. The molecule has 0 unspecified atom stereocenters. The standard InChI is InChI=1S/C25H19NO/c1-18(27)23-14-8-13-19-15-16-22(17-24(19)23)26-25(20-9-4-2-5-10-20)21-11-6-3-7-12-21/h2-17H,1H3. The molecule has 2 nitrogen and oxygen atoms in total. The molecular weight excluding hydrogens is 330 g/mol. The van der Waals surface area contributed by atoms with Gasteiger partial charge in [0.15, 0.2) is 5.78 Å². The number of carbonyl (C=O) groups is 1. The zero-order chi connectivity index (χ0) is 18.6. The monoisotopic (exact) mass is 349 g/mol. The number of hydrogen-bond acceptors (Lipinski definition) is 2. The van der Waals surface area contributed by atoms with E-state index in [1.165, 1.54) is 0 Å². The number of aliphatic imine (C=N–C) groups is 1. The number of benzene rings is 4. The Morgan fingerprint density at radius 3 is 1.93 bits per heavy atom. The van der Waals surface area contributed by atoms with Gasteiger partial charge in [-0.05, 0) is 29.8 Å². The van der Waals surface area contributed by atoms with Crippen molar-refractivity contribution in [3.8, 4) is 0 Å². The molecule has 0 spiro atoms. The van der Waals surface area contributed by atoms with Crippen molar-refractivity contribution >= 4 is 28.0 Å². The molecule has 0 atom stereocenters. The summed E-state index contributed by atoms with van der Waals surface area (Å²) in [7, 11) is 0. The van der Waals surface area contributed by atoms with Gasteiger partial charge in [0.05, 0.1) is 11.4 Å². The second kappa shape index (κ2) is 7.38. The van der Waals surface area contributed by atoms with Crippen LogP contribution in [0.5, 0.6) is 0 Å². The van der Waals surface area contributed by atoms with E-state index in [9.17, 15) is 4.79 Å². The van der Waals surface area contributed by atoms with Crippen LogP contribution in [0, 0.1) is 0 Å². The summed E-state index contributed by atoms with van der Waals surface area (Å²) in [5, 5.41) is 1.98. The number of fused-ring (bicyclic) bond motifs is 1. The lowest BCUT2D eigenvalue weighted by Gasteiger charge is -2.09. The third-order valence-electron chi connectivity index (χ3n) is 4.58. The molecule has 130 valence electrons. The van der Waals surface area contributed by atoms with Crippen molar-refractivity contribution in [3.05, 3.63) is 114 Å². The first-order chi connectivity index (χ1) is 13.2. The lowest BCUT2D eigenvalue weighted by Crippen LogP contribution is -2.02. The predicted molar refractivity (Wildman–Crippen MR) is 112 cm³/mol. The second-order valence-electron chi connectivity index (χ2n) is 6.46. The Kier molecular flexibility index (Phi) is 4.63. The van der Waals surface area contributed by atoms with Crippen LogP contribution in [0.2, 0.25) is 0 Å². The van der Waals surface area contributed by atoms with Crippen LogP contribution in [-0.2, 0) is 0 Å². The van der Waals surface area contributed by atoms with Crippen LogP contribution in [-0.4, -0.2) is 11.5 Å². The Balaban J connectivity index is 1.90. The summed E-state index contributed by atoms with van der Waals surface area (Å²) >= 11 is 0. The highest BCUT2D eigenvalue weighted by atomic mass is 16.1. The van der Waals surface area contributed by atoms with Crippen molar-refractivity contribution in [3.63, 3.8) is 0 Å². The maximum atomic E-state index is 12.0. The largest absolute Gasteiger partial charge is 0.294 e. The van der Waals surface area contributed by atoms with Gasteiger partial charge < -0.3 is 0 Å². The predicted octanol–water partition coefficient (Wildman–Crippen LogP) is 6.21. The summed E-state index contributed by atoms with van der Waals surface area (Å²) in [5.74, 6) is 0.0630. The Morgan fingerprint density at radius 1 is 0.704 bits per heavy atom. The zero-order valence-corrected chi connectivity index (χ0v) is 15.1. The summed E-state index contributed by atoms with van der Waals surface area (Å²) in [5.41, 5.74) is 4.59. The van der Waals surface area contributed by atoms with Gasteiger partial charge in [-0.1, -0.05) is 84.9 Å². The minimum atomic E-state index is 0.0630. The van der Waals surface area contributed by atoms with Crippen molar-refractivity contribution < 1.29 is 4.79 Å². The van der Waals surface area contributed by atoms with Crippen LogP contribution in [0.25, 0.3) is 10.8 Å². The fourth-order valence-corrected chi connectivity index (χ4v) is 3.25. The maximum Gasteiger partial charge on any atom is 0.160 e. The molecule has 0 fully saturated rings. The molecule has 0 amide bonds. The number of ketones is 1. The van der Waals surface area contributed by atoms with Crippen molar-refractivity contribution in [2.45, 2.75) is 6.92 Å². The lowest BCUT2D eigenvalue weighted by molar-refractivity contribution is 0.101. The van der Waals surface area contributed by atoms with Gasteiger partial charge in [-0.3, -0.25) is 4.79 Å². The molecule has 4 aromatic carbocycles. The van der Waals surface area contributed by atoms with Crippen LogP contribution in [0.3, 0.4) is 0 Å². The van der Waals surface area contributed by atoms with Gasteiger partial charge in [0.25, 0.3) is 0 Å². The highest BCUT2D eigenvalue weighted by Crippen LogP contribution is 2.26. The molecule has 0 aromatic heterocycles. The van der Waals surface area contributed by atoms with E-state index in [4.69, 9.17) is 4.99 Å². The van der Waals surface area contributed by atoms with Gasteiger partial charge >= 0.3 is 0 Å². The molecule has 4 rings (SSSR count). The van der Waals surface area contributed by atoms with E-state index < -0.39 is 0 Å². The number of carbonyl (C=O) groups excluding carboxylic acids is 1. The second-order valence-corrected chi connectivity index (χ2v) is 6.46. The Labute approximate surface area is 158 Å². The third-order valence-corrected chi connectivity index (χ3v) is 4.58. The Morgan fingerprint density at radius 2 is 1.33 bits per heavy atom. The van der Waals surface area contributed by atoms with Crippen molar-refractivity contribution in [2.24, 2.45) is 4.99 Å². The third kappa shape index (κ3) is 3.56. The molecule has 27 heavy (non-hydrogen) atoms. The smallest absolute Gasteiger partial charge is 0.160 e. The van der Waals surface area contributed by atoms with E-state index in [-0.39, 0.29) is 5.78 Å². The number of hydrogen-bond donors (Lipinski definition) is 0. The van der Waals surface area contributed by atoms with Crippen LogP contribution < -0.4 is 0 Å². The van der Waals surface area contributed by atoms with Crippen molar-refractivity contribution in [1.29, 1.82) is 0 Å². The van der Waals surface area contributed by atoms with Gasteiger partial charge in [-0.2, -0.15) is 0 Å². The summed E-state index contributed by atoms with van der Waals surface area (Å²) in [6.45, 7) is 1.60. The molecule has 0 bridgehead atoms. The molecular formula is C25H19NO. The molecule has 0 radical (unpaired) electrons. The average molecular weight is 349 g/mol. The molecule has 0 aliphatic heterocycles. The SMILES string of the molecule is CC(=O)c1cccc2ccc(N=C(c3ccccc3)c3ccccc3)cc12. The highest BCUT2D eigenvalue weighted by Gasteiger charge is 2.09. The summed E-state index contributed by atoms with van der Waals surface area (Å²) in [4.78, 5) is 17.0. The van der Waals surface area contributed by atoms with E-state index in [1.807, 2.05) is 72.8 Å². The Bertz CT molecular complexity index is 1090. The molecule has 0 heterocycles. The van der Waals surface area contributed by atoms with Crippen LogP contribution >= 0.6 is 0 Å². The molecule has 4 aromatic rings. The Hall–Kier alpha value is -3.52. The quantitative estimate of drug-likeness (QED) is 0.318. The van der Waals surface area contributed by atoms with E-state index in [1.54, 1.807) is 6.92 Å². The van der Waals surface area contributed by atoms with Crippen molar-refractivity contribution in [1.82, 2.24) is 0 Å². The van der Waals surface area contributed by atoms with E-state index in [0.717, 1.165) is 38.9 Å². The summed E-state index contributed by atoms with van der Waals surface area (Å²) in [6.07, 6.45) is 0. The first-order valence-corrected chi connectivity index (χ1v) is 8.95. The molecule has 0 aliphatic rings. The molecule has 0 aliphatic carbocycles. The van der Waals surface area contributed by atoms with Crippen LogP contribution in [0.4, 0.5) is 5.69 Å². The zero-order valence-electron chi connectivity index (χ0n) is 15.1. The van der Waals surface area contributed by atoms with Gasteiger partial charge in [0.2, 0.25) is 0 Å². The van der Waals surface area contributed by atoms with Crippen LogP contribution in [0.15, 0.2) is 102 Å². The minimum Gasteiger partial charge on any atom is -0.294 e. The lowest BCUT2D eigenvalue weighted by atomic mass is 10.0. The molecule has 0 saturated heterocycles. The van der Waals surface area contributed by atoms with Gasteiger partial charge in [-0.25, -0.2) is 4.99 Å². The van der Waals surface area contributed by atoms with E-state index >= 15 is 0 Å². The van der Waals surface area contributed by atoms with Gasteiger partial charge in [-0.15, -0.1) is 0 Å². The van der Waals surface area contributed by atoms with E-state index in [0.29, 0.717) is 0 Å². The molecule has 0 N–H and O–H groups in total. The minimum absolute atomic E-state index is 0.0630. The first kappa shape index (κ1) is 16.9. The topological polar surface area (TPSA) is 29.4 Å². The van der Waals surface area contributed by atoms with Gasteiger partial charge in [0, 0.05) is 16.7 Å². The van der Waals surface area contributed by atoms with Gasteiger partial charge in [0.1, 0.15) is 0 Å². The van der Waals surface area contributed by atoms with Crippen LogP contribution in [0.1, 0.15) is 28.4 Å². The normalized spacial score (nSPS) is 10.6. The maximum absolute atomic E-state index is 12.0. The van der Waals surface area contributed by atoms with Crippen molar-refractivity contribution in [2.75, 3.05) is 0 Å². The fraction of sp³-hybridized carbons (Fsp3) is 0.0400. The molecule has 0 saturated carbocycles. The first-order valence-electron chi connectivity index (χ1n) is 8.95. The van der Waals surface area contributed by atoms with E-state index in [2.05, 4.69) is 24.3 Å². The average Bonchev–Trinajstić information content (AvgIpc) is 2.72. The summed E-state index contributed by atoms with van der Waals surface area (Å²) < 4.78 is 0. The summed E-state index contributed by atoms with van der Waals surface area (Å²) in [6, 6.07) is 32.1.